The minimum absolute atomic E-state index is 0.00702. The molecule has 2 aliphatic heterocycles. The first-order valence-corrected chi connectivity index (χ1v) is 10.8. The van der Waals surface area contributed by atoms with Gasteiger partial charge in [0, 0.05) is 51.3 Å². The lowest BCUT2D eigenvalue weighted by Gasteiger charge is -2.33. The fraction of sp³-hybridized carbons (Fsp3) is 0.471. The van der Waals surface area contributed by atoms with Gasteiger partial charge in [0.1, 0.15) is 0 Å². The number of nitro benzene ring substituents is 1. The largest absolute Gasteiger partial charge is 0.340 e. The van der Waals surface area contributed by atoms with Crippen LogP contribution in [0.4, 0.5) is 5.69 Å². The number of fused-ring (bicyclic) bond motifs is 1. The van der Waals surface area contributed by atoms with Gasteiger partial charge in [0.25, 0.3) is 17.5 Å². The van der Waals surface area contributed by atoms with Crippen molar-refractivity contribution in [3.63, 3.8) is 0 Å². The number of amides is 3. The van der Waals surface area contributed by atoms with E-state index in [-0.39, 0.29) is 55.2 Å². The van der Waals surface area contributed by atoms with Crippen LogP contribution in [0.25, 0.3) is 0 Å². The topological polar surface area (TPSA) is 138 Å². The third-order valence-corrected chi connectivity index (χ3v) is 6.30. The fourth-order valence-corrected chi connectivity index (χ4v) is 4.24. The van der Waals surface area contributed by atoms with Crippen LogP contribution >= 0.6 is 0 Å². The van der Waals surface area contributed by atoms with Gasteiger partial charge < -0.3 is 4.90 Å². The number of benzene rings is 1. The predicted molar refractivity (Wildman–Crippen MR) is 101 cm³/mol. The molecule has 0 saturated carbocycles. The van der Waals surface area contributed by atoms with Crippen molar-refractivity contribution >= 4 is 33.4 Å². The summed E-state index contributed by atoms with van der Waals surface area (Å²) < 4.78 is 24.3. The van der Waals surface area contributed by atoms with E-state index in [1.165, 1.54) is 16.4 Å². The summed E-state index contributed by atoms with van der Waals surface area (Å²) in [7, 11) is -3.28. The van der Waals surface area contributed by atoms with Crippen LogP contribution in [-0.2, 0) is 14.8 Å². The molecule has 2 heterocycles. The predicted octanol–water partition coefficient (Wildman–Crippen LogP) is 0.0748. The standard InChI is InChI=1S/C17H20N4O7S/c1-29(27,28)19-9-7-18(8-10-19)15(22)3-2-6-20-16(23)13-5-4-12(21(25)26)11-14(13)17(20)24/h4-5,11H,2-3,6-10H2,1H3. The Morgan fingerprint density at radius 2 is 1.72 bits per heavy atom. The van der Waals surface area contributed by atoms with Crippen LogP contribution in [-0.4, -0.2) is 84.1 Å². The molecule has 1 aromatic carbocycles. The van der Waals surface area contributed by atoms with Gasteiger partial charge in [-0.05, 0) is 12.5 Å². The number of nitrogens with zero attached hydrogens (tertiary/aromatic N) is 4. The first-order valence-electron chi connectivity index (χ1n) is 8.97. The Kier molecular flexibility index (Phi) is 5.66. The molecule has 1 fully saturated rings. The van der Waals surface area contributed by atoms with E-state index in [0.29, 0.717) is 13.1 Å². The maximum atomic E-state index is 12.4. The number of rotatable bonds is 6. The van der Waals surface area contributed by atoms with Crippen LogP contribution in [0.5, 0.6) is 0 Å². The fourth-order valence-electron chi connectivity index (χ4n) is 3.41. The van der Waals surface area contributed by atoms with Gasteiger partial charge in [0.2, 0.25) is 15.9 Å². The van der Waals surface area contributed by atoms with Crippen LogP contribution in [0.1, 0.15) is 33.6 Å². The van der Waals surface area contributed by atoms with E-state index in [9.17, 15) is 32.9 Å². The van der Waals surface area contributed by atoms with E-state index in [1.54, 1.807) is 4.90 Å². The van der Waals surface area contributed by atoms with Gasteiger partial charge in [-0.3, -0.25) is 29.4 Å². The highest BCUT2D eigenvalue weighted by molar-refractivity contribution is 7.88. The number of piperazine rings is 1. The number of non-ortho nitro benzene ring substituents is 1. The maximum Gasteiger partial charge on any atom is 0.270 e. The normalized spacial score (nSPS) is 17.6. The number of imide groups is 1. The molecule has 3 rings (SSSR count). The van der Waals surface area contributed by atoms with Crippen LogP contribution < -0.4 is 0 Å². The molecule has 156 valence electrons. The van der Waals surface area contributed by atoms with Crippen LogP contribution in [0, 0.1) is 10.1 Å². The summed E-state index contributed by atoms with van der Waals surface area (Å²) >= 11 is 0. The average Bonchev–Trinajstić information content (AvgIpc) is 2.91. The molecule has 0 aliphatic carbocycles. The van der Waals surface area contributed by atoms with E-state index < -0.39 is 26.8 Å². The third-order valence-electron chi connectivity index (χ3n) is 5.00. The Morgan fingerprint density at radius 3 is 2.31 bits per heavy atom. The minimum atomic E-state index is -3.28. The zero-order chi connectivity index (χ0) is 21.3. The average molecular weight is 424 g/mol. The summed E-state index contributed by atoms with van der Waals surface area (Å²) in [5.41, 5.74) is -0.161. The molecule has 1 aromatic rings. The molecule has 0 bridgehead atoms. The number of carbonyl (C=O) groups is 3. The zero-order valence-electron chi connectivity index (χ0n) is 15.7. The van der Waals surface area contributed by atoms with Crippen LogP contribution in [0.15, 0.2) is 18.2 Å². The van der Waals surface area contributed by atoms with Gasteiger partial charge in [0.15, 0.2) is 0 Å². The first-order chi connectivity index (χ1) is 13.6. The second-order valence-corrected chi connectivity index (χ2v) is 8.88. The molecular formula is C17H20N4O7S. The monoisotopic (exact) mass is 424 g/mol. The Balaban J connectivity index is 1.53. The molecule has 1 saturated heterocycles. The second kappa shape index (κ2) is 7.87. The Labute approximate surface area is 167 Å². The van der Waals surface area contributed by atoms with Crippen molar-refractivity contribution in [2.24, 2.45) is 0 Å². The SMILES string of the molecule is CS(=O)(=O)N1CCN(C(=O)CCCN2C(=O)c3ccc([N+](=O)[O-])cc3C2=O)CC1. The van der Waals surface area contributed by atoms with E-state index in [0.717, 1.165) is 17.2 Å². The summed E-state index contributed by atoms with van der Waals surface area (Å²) in [5.74, 6) is -1.32. The molecule has 12 heteroatoms. The molecule has 0 atom stereocenters. The molecule has 2 aliphatic rings. The van der Waals surface area contributed by atoms with Gasteiger partial charge in [0.05, 0.1) is 22.3 Å². The van der Waals surface area contributed by atoms with Gasteiger partial charge >= 0.3 is 0 Å². The Bertz CT molecular complexity index is 983. The van der Waals surface area contributed by atoms with E-state index in [2.05, 4.69) is 0 Å². The maximum absolute atomic E-state index is 12.4. The molecule has 3 amide bonds. The quantitative estimate of drug-likeness (QED) is 0.358. The molecule has 0 radical (unpaired) electrons. The number of hydrogen-bond donors (Lipinski definition) is 0. The molecule has 0 spiro atoms. The summed E-state index contributed by atoms with van der Waals surface area (Å²) in [6.07, 6.45) is 1.48. The highest BCUT2D eigenvalue weighted by Gasteiger charge is 2.36. The molecular weight excluding hydrogens is 404 g/mol. The lowest BCUT2D eigenvalue weighted by atomic mass is 10.1. The Hall–Kier alpha value is -2.86. The number of carbonyl (C=O) groups excluding carboxylic acids is 3. The smallest absolute Gasteiger partial charge is 0.270 e. The van der Waals surface area contributed by atoms with E-state index in [1.807, 2.05) is 0 Å². The van der Waals surface area contributed by atoms with Gasteiger partial charge in [-0.1, -0.05) is 0 Å². The van der Waals surface area contributed by atoms with Crippen molar-refractivity contribution in [1.82, 2.24) is 14.1 Å². The molecule has 29 heavy (non-hydrogen) atoms. The summed E-state index contributed by atoms with van der Waals surface area (Å²) in [5, 5.41) is 10.9. The first kappa shape index (κ1) is 20.9. The van der Waals surface area contributed by atoms with Gasteiger partial charge in [-0.15, -0.1) is 0 Å². The van der Waals surface area contributed by atoms with E-state index in [4.69, 9.17) is 0 Å². The van der Waals surface area contributed by atoms with Gasteiger partial charge in [-0.25, -0.2) is 8.42 Å². The zero-order valence-corrected chi connectivity index (χ0v) is 16.6. The molecule has 0 aromatic heterocycles. The summed E-state index contributed by atoms with van der Waals surface area (Å²) in [4.78, 5) is 49.9. The van der Waals surface area contributed by atoms with Crippen molar-refractivity contribution in [3.05, 3.63) is 39.4 Å². The van der Waals surface area contributed by atoms with Crippen molar-refractivity contribution < 1.29 is 27.7 Å². The highest BCUT2D eigenvalue weighted by atomic mass is 32.2. The summed E-state index contributed by atoms with van der Waals surface area (Å²) in [6, 6.07) is 3.52. The third kappa shape index (κ3) is 4.27. The Morgan fingerprint density at radius 1 is 1.10 bits per heavy atom. The number of nitro groups is 1. The lowest BCUT2D eigenvalue weighted by molar-refractivity contribution is -0.384. The summed E-state index contributed by atoms with van der Waals surface area (Å²) in [6.45, 7) is 1.09. The van der Waals surface area contributed by atoms with E-state index >= 15 is 0 Å². The molecule has 0 unspecified atom stereocenters. The van der Waals surface area contributed by atoms with Crippen LogP contribution in [0.3, 0.4) is 0 Å². The number of sulfonamides is 1. The highest BCUT2D eigenvalue weighted by Crippen LogP contribution is 2.27. The minimum Gasteiger partial charge on any atom is -0.340 e. The number of hydrogen-bond acceptors (Lipinski definition) is 7. The van der Waals surface area contributed by atoms with Gasteiger partial charge in [-0.2, -0.15) is 4.31 Å². The second-order valence-electron chi connectivity index (χ2n) is 6.90. The lowest BCUT2D eigenvalue weighted by Crippen LogP contribution is -2.50. The van der Waals surface area contributed by atoms with Crippen molar-refractivity contribution in [2.75, 3.05) is 39.0 Å². The molecule has 11 nitrogen and oxygen atoms in total. The van der Waals surface area contributed by atoms with Crippen molar-refractivity contribution in [3.8, 4) is 0 Å². The van der Waals surface area contributed by atoms with Crippen molar-refractivity contribution in [2.45, 2.75) is 12.8 Å². The van der Waals surface area contributed by atoms with Crippen LogP contribution in [0.2, 0.25) is 0 Å². The van der Waals surface area contributed by atoms with Crippen molar-refractivity contribution in [1.29, 1.82) is 0 Å². The molecule has 0 N–H and O–H groups in total.